The molecule has 112 valence electrons. The SMILES string of the molecule is O=C(CSc1nc2ccccc2o1)OCc1cccc(Cl)c1. The molecule has 0 aliphatic heterocycles. The van der Waals surface area contributed by atoms with Crippen LogP contribution in [-0.4, -0.2) is 16.7 Å². The zero-order valence-electron chi connectivity index (χ0n) is 11.5. The van der Waals surface area contributed by atoms with Crippen LogP contribution in [0.4, 0.5) is 0 Å². The zero-order valence-corrected chi connectivity index (χ0v) is 13.1. The number of hydrogen-bond donors (Lipinski definition) is 0. The molecular weight excluding hydrogens is 322 g/mol. The van der Waals surface area contributed by atoms with Crippen LogP contribution in [0.15, 0.2) is 58.2 Å². The molecule has 1 aromatic heterocycles. The third kappa shape index (κ3) is 3.81. The van der Waals surface area contributed by atoms with Crippen LogP contribution in [0.25, 0.3) is 11.1 Å². The van der Waals surface area contributed by atoms with E-state index in [-0.39, 0.29) is 18.3 Å². The van der Waals surface area contributed by atoms with Gasteiger partial charge in [0, 0.05) is 5.02 Å². The summed E-state index contributed by atoms with van der Waals surface area (Å²) in [5.41, 5.74) is 2.34. The molecule has 0 saturated heterocycles. The van der Waals surface area contributed by atoms with Gasteiger partial charge in [0.15, 0.2) is 5.58 Å². The van der Waals surface area contributed by atoms with E-state index in [1.165, 1.54) is 11.8 Å². The molecule has 2 aromatic carbocycles. The number of rotatable bonds is 5. The third-order valence-corrected chi connectivity index (χ3v) is 3.91. The molecule has 0 saturated carbocycles. The van der Waals surface area contributed by atoms with Crippen molar-refractivity contribution in [1.82, 2.24) is 4.98 Å². The highest BCUT2D eigenvalue weighted by molar-refractivity contribution is 7.99. The quantitative estimate of drug-likeness (QED) is 0.514. The standard InChI is InChI=1S/C16H12ClNO3S/c17-12-5-3-4-11(8-12)9-20-15(19)10-22-16-18-13-6-1-2-7-14(13)21-16/h1-8H,9-10H2. The Labute approximate surface area is 136 Å². The molecule has 0 N–H and O–H groups in total. The van der Waals surface area contributed by atoms with Crippen molar-refractivity contribution in [2.75, 3.05) is 5.75 Å². The number of hydrogen-bond acceptors (Lipinski definition) is 5. The molecule has 0 aliphatic carbocycles. The molecule has 3 rings (SSSR count). The fourth-order valence-electron chi connectivity index (χ4n) is 1.87. The number of ether oxygens (including phenoxy) is 1. The molecule has 0 radical (unpaired) electrons. The summed E-state index contributed by atoms with van der Waals surface area (Å²) in [5.74, 6) is -0.180. The maximum atomic E-state index is 11.7. The maximum Gasteiger partial charge on any atom is 0.316 e. The van der Waals surface area contributed by atoms with Gasteiger partial charge in [-0.1, -0.05) is 47.6 Å². The number of benzene rings is 2. The summed E-state index contributed by atoms with van der Waals surface area (Å²) in [7, 11) is 0. The van der Waals surface area contributed by atoms with Gasteiger partial charge in [0.1, 0.15) is 17.9 Å². The van der Waals surface area contributed by atoms with E-state index >= 15 is 0 Å². The Hall–Kier alpha value is -1.98. The van der Waals surface area contributed by atoms with Crippen LogP contribution < -0.4 is 0 Å². The number of oxazole rings is 1. The molecule has 0 spiro atoms. The first-order valence-electron chi connectivity index (χ1n) is 6.59. The lowest BCUT2D eigenvalue weighted by molar-refractivity contribution is -0.141. The third-order valence-electron chi connectivity index (χ3n) is 2.88. The first-order chi connectivity index (χ1) is 10.7. The Morgan fingerprint density at radius 3 is 2.91 bits per heavy atom. The Morgan fingerprint density at radius 1 is 1.23 bits per heavy atom. The predicted octanol–water partition coefficient (Wildman–Crippen LogP) is 4.32. The van der Waals surface area contributed by atoms with Crippen molar-refractivity contribution in [3.8, 4) is 0 Å². The number of thioether (sulfide) groups is 1. The fraction of sp³-hybridized carbons (Fsp3) is 0.125. The van der Waals surface area contributed by atoms with Gasteiger partial charge in [0.25, 0.3) is 5.22 Å². The van der Waals surface area contributed by atoms with Crippen molar-refractivity contribution in [2.24, 2.45) is 0 Å². The number of esters is 1. The summed E-state index contributed by atoms with van der Waals surface area (Å²) in [6.07, 6.45) is 0. The molecule has 1 heterocycles. The van der Waals surface area contributed by atoms with E-state index in [1.54, 1.807) is 12.1 Å². The lowest BCUT2D eigenvalue weighted by Gasteiger charge is -2.04. The first-order valence-corrected chi connectivity index (χ1v) is 7.95. The average Bonchev–Trinajstić information content (AvgIpc) is 2.94. The Balaban J connectivity index is 1.51. The van der Waals surface area contributed by atoms with E-state index in [0.29, 0.717) is 15.8 Å². The molecular formula is C16H12ClNO3S. The molecule has 22 heavy (non-hydrogen) atoms. The average molecular weight is 334 g/mol. The van der Waals surface area contributed by atoms with Crippen LogP contribution in [0.1, 0.15) is 5.56 Å². The Morgan fingerprint density at radius 2 is 2.09 bits per heavy atom. The van der Waals surface area contributed by atoms with Crippen molar-refractivity contribution >= 4 is 40.4 Å². The van der Waals surface area contributed by atoms with Crippen molar-refractivity contribution in [1.29, 1.82) is 0 Å². The summed E-state index contributed by atoms with van der Waals surface area (Å²) in [6, 6.07) is 14.7. The molecule has 0 fully saturated rings. The van der Waals surface area contributed by atoms with Crippen LogP contribution in [-0.2, 0) is 16.1 Å². The lowest BCUT2D eigenvalue weighted by atomic mass is 10.2. The molecule has 0 atom stereocenters. The van der Waals surface area contributed by atoms with E-state index in [1.807, 2.05) is 36.4 Å². The monoisotopic (exact) mass is 333 g/mol. The first kappa shape index (κ1) is 14.9. The smallest absolute Gasteiger partial charge is 0.316 e. The number of aromatic nitrogens is 1. The van der Waals surface area contributed by atoms with Gasteiger partial charge in [-0.15, -0.1) is 0 Å². The van der Waals surface area contributed by atoms with Gasteiger partial charge in [-0.05, 0) is 29.8 Å². The minimum absolute atomic E-state index is 0.146. The summed E-state index contributed by atoms with van der Waals surface area (Å²) in [4.78, 5) is 16.0. The van der Waals surface area contributed by atoms with Crippen LogP contribution >= 0.6 is 23.4 Å². The second-order valence-corrected chi connectivity index (χ2v) is 5.89. The molecule has 0 aliphatic rings. The maximum absolute atomic E-state index is 11.7. The second kappa shape index (κ2) is 6.85. The van der Waals surface area contributed by atoms with Crippen molar-refractivity contribution in [2.45, 2.75) is 11.8 Å². The Kier molecular flexibility index (Phi) is 4.65. The number of fused-ring (bicyclic) bond motifs is 1. The number of carbonyl (C=O) groups excluding carboxylic acids is 1. The number of carbonyl (C=O) groups is 1. The summed E-state index contributed by atoms with van der Waals surface area (Å²) >= 11 is 7.09. The van der Waals surface area contributed by atoms with Crippen molar-refractivity contribution in [3.05, 3.63) is 59.1 Å². The van der Waals surface area contributed by atoms with E-state index < -0.39 is 0 Å². The van der Waals surface area contributed by atoms with Crippen molar-refractivity contribution < 1.29 is 13.9 Å². The van der Waals surface area contributed by atoms with E-state index in [2.05, 4.69) is 4.98 Å². The molecule has 4 nitrogen and oxygen atoms in total. The van der Waals surface area contributed by atoms with Gasteiger partial charge >= 0.3 is 5.97 Å². The number of para-hydroxylation sites is 2. The second-order valence-electron chi connectivity index (χ2n) is 4.53. The summed E-state index contributed by atoms with van der Waals surface area (Å²) in [5, 5.41) is 1.08. The van der Waals surface area contributed by atoms with Crippen molar-refractivity contribution in [3.63, 3.8) is 0 Å². The van der Waals surface area contributed by atoms with Gasteiger partial charge in [-0.2, -0.15) is 0 Å². The molecule has 6 heteroatoms. The van der Waals surface area contributed by atoms with Gasteiger partial charge in [-0.3, -0.25) is 4.79 Å². The Bertz CT molecular complexity index is 770. The predicted molar refractivity (Wildman–Crippen MR) is 86.0 cm³/mol. The highest BCUT2D eigenvalue weighted by Crippen LogP contribution is 2.23. The normalized spacial score (nSPS) is 10.8. The summed E-state index contributed by atoms with van der Waals surface area (Å²) in [6.45, 7) is 0.202. The minimum Gasteiger partial charge on any atom is -0.460 e. The van der Waals surface area contributed by atoms with Crippen LogP contribution in [0.2, 0.25) is 5.02 Å². The van der Waals surface area contributed by atoms with Gasteiger partial charge in [-0.25, -0.2) is 4.98 Å². The fourth-order valence-corrected chi connectivity index (χ4v) is 2.71. The lowest BCUT2D eigenvalue weighted by Crippen LogP contribution is -2.07. The molecule has 0 amide bonds. The molecule has 0 unspecified atom stereocenters. The highest BCUT2D eigenvalue weighted by Gasteiger charge is 2.10. The van der Waals surface area contributed by atoms with Gasteiger partial charge < -0.3 is 9.15 Å². The van der Waals surface area contributed by atoms with Crippen LogP contribution in [0, 0.1) is 0 Å². The van der Waals surface area contributed by atoms with E-state index in [0.717, 1.165) is 11.1 Å². The van der Waals surface area contributed by atoms with E-state index in [9.17, 15) is 4.79 Å². The summed E-state index contributed by atoms with van der Waals surface area (Å²) < 4.78 is 10.7. The minimum atomic E-state index is -0.327. The van der Waals surface area contributed by atoms with Gasteiger partial charge in [0.2, 0.25) is 0 Å². The topological polar surface area (TPSA) is 52.3 Å². The van der Waals surface area contributed by atoms with Crippen LogP contribution in [0.5, 0.6) is 0 Å². The van der Waals surface area contributed by atoms with E-state index in [4.69, 9.17) is 20.8 Å². The number of nitrogens with zero attached hydrogens (tertiary/aromatic N) is 1. The molecule has 3 aromatic rings. The van der Waals surface area contributed by atoms with Crippen LogP contribution in [0.3, 0.4) is 0 Å². The highest BCUT2D eigenvalue weighted by atomic mass is 35.5. The van der Waals surface area contributed by atoms with Gasteiger partial charge in [0.05, 0.1) is 0 Å². The molecule has 0 bridgehead atoms. The number of halogens is 1. The largest absolute Gasteiger partial charge is 0.460 e. The zero-order chi connectivity index (χ0) is 15.4.